The molecule has 0 spiro atoms. The van der Waals surface area contributed by atoms with Gasteiger partial charge in [0.15, 0.2) is 0 Å². The van der Waals surface area contributed by atoms with Crippen LogP contribution in [0.5, 0.6) is 0 Å². The van der Waals surface area contributed by atoms with Crippen LogP contribution in [-0.2, 0) is 0 Å². The topological polar surface area (TPSA) is 52.0 Å². The fourth-order valence-electron chi connectivity index (χ4n) is 2.78. The van der Waals surface area contributed by atoms with Gasteiger partial charge in [0.25, 0.3) is 0 Å². The highest BCUT2D eigenvalue weighted by Gasteiger charge is 2.17. The molecule has 0 radical (unpaired) electrons. The maximum atomic E-state index is 4.67. The van der Waals surface area contributed by atoms with Gasteiger partial charge < -0.3 is 15.5 Å². The second-order valence-electron chi connectivity index (χ2n) is 6.85. The molecule has 5 nitrogen and oxygen atoms in total. The third-order valence-electron chi connectivity index (χ3n) is 4.17. The van der Waals surface area contributed by atoms with E-state index >= 15 is 0 Å². The lowest BCUT2D eigenvalue weighted by molar-refractivity contribution is 0.450. The van der Waals surface area contributed by atoms with Crippen molar-refractivity contribution in [3.8, 4) is 0 Å². The number of hydrogen-bond acceptors (Lipinski definition) is 5. The molecular formula is C21H35N5. The Balaban J connectivity index is 2.69. The summed E-state index contributed by atoms with van der Waals surface area (Å²) in [6.45, 7) is 22.1. The summed E-state index contributed by atoms with van der Waals surface area (Å²) in [5, 5.41) is 6.74. The Morgan fingerprint density at radius 3 is 2.73 bits per heavy atom. The SMILES string of the molecule is C=CCN(/C=C(/CNC(C)C)N=C)CC(=C)C=N/C(=C\C)C1CCNC1. The van der Waals surface area contributed by atoms with Crippen molar-refractivity contribution in [1.82, 2.24) is 15.5 Å². The Morgan fingerprint density at radius 1 is 1.42 bits per heavy atom. The lowest BCUT2D eigenvalue weighted by Crippen LogP contribution is -2.27. The molecule has 2 N–H and O–H groups in total. The predicted octanol–water partition coefficient (Wildman–Crippen LogP) is 3.15. The number of aliphatic imine (C=N–C) groups is 2. The summed E-state index contributed by atoms with van der Waals surface area (Å²) in [6, 6.07) is 0.402. The maximum Gasteiger partial charge on any atom is 0.0692 e. The Bertz CT molecular complexity index is 551. The predicted molar refractivity (Wildman–Crippen MR) is 115 cm³/mol. The van der Waals surface area contributed by atoms with Crippen molar-refractivity contribution < 1.29 is 0 Å². The van der Waals surface area contributed by atoms with Crippen LogP contribution >= 0.6 is 0 Å². The first kappa shape index (κ1) is 22.1. The molecule has 1 rings (SSSR count). The summed E-state index contributed by atoms with van der Waals surface area (Å²) >= 11 is 0. The molecule has 5 heteroatoms. The van der Waals surface area contributed by atoms with E-state index in [4.69, 9.17) is 0 Å². The van der Waals surface area contributed by atoms with Crippen LogP contribution in [0, 0.1) is 5.92 Å². The number of allylic oxidation sites excluding steroid dienone is 1. The van der Waals surface area contributed by atoms with E-state index in [1.807, 2.05) is 25.4 Å². The monoisotopic (exact) mass is 357 g/mol. The Kier molecular flexibility index (Phi) is 10.5. The van der Waals surface area contributed by atoms with Crippen molar-refractivity contribution in [3.63, 3.8) is 0 Å². The van der Waals surface area contributed by atoms with Gasteiger partial charge >= 0.3 is 0 Å². The van der Waals surface area contributed by atoms with Crippen LogP contribution in [0.2, 0.25) is 0 Å². The minimum absolute atomic E-state index is 0.402. The molecular weight excluding hydrogens is 322 g/mol. The summed E-state index contributed by atoms with van der Waals surface area (Å²) < 4.78 is 0. The first-order chi connectivity index (χ1) is 12.5. The van der Waals surface area contributed by atoms with Gasteiger partial charge in [0, 0.05) is 56.3 Å². The minimum atomic E-state index is 0.402. The molecule has 0 bridgehead atoms. The smallest absolute Gasteiger partial charge is 0.0692 e. The van der Waals surface area contributed by atoms with E-state index in [-0.39, 0.29) is 0 Å². The first-order valence-corrected chi connectivity index (χ1v) is 9.34. The molecule has 1 heterocycles. The van der Waals surface area contributed by atoms with E-state index in [1.54, 1.807) is 0 Å². The summed E-state index contributed by atoms with van der Waals surface area (Å²) in [5.74, 6) is 0.506. The molecule has 1 fully saturated rings. The molecule has 0 aromatic rings. The Morgan fingerprint density at radius 2 is 2.19 bits per heavy atom. The highest BCUT2D eigenvalue weighted by molar-refractivity contribution is 5.79. The van der Waals surface area contributed by atoms with E-state index in [1.165, 1.54) is 0 Å². The van der Waals surface area contributed by atoms with Crippen LogP contribution in [0.3, 0.4) is 0 Å². The fourth-order valence-corrected chi connectivity index (χ4v) is 2.78. The number of nitrogens with zero attached hydrogens (tertiary/aromatic N) is 3. The van der Waals surface area contributed by atoms with Gasteiger partial charge in [-0.05, 0) is 32.2 Å². The maximum absolute atomic E-state index is 4.67. The standard InChI is InChI=1S/C21H35N5/c1-7-11-26(16-20(22-6)14-24-17(3)4)15-18(5)12-25-21(8-2)19-9-10-23-13-19/h7-8,12,16-17,19,23-24H,1,5-6,9-11,13-15H2,2-4H3/b20-16-,21-8-,25-12?. The summed E-state index contributed by atoms with van der Waals surface area (Å²) in [5.41, 5.74) is 2.99. The fraction of sp³-hybridized carbons (Fsp3) is 0.524. The molecule has 26 heavy (non-hydrogen) atoms. The third kappa shape index (κ3) is 8.41. The Labute approximate surface area is 159 Å². The second kappa shape index (κ2) is 12.4. The lowest BCUT2D eigenvalue weighted by atomic mass is 10.1. The molecule has 1 atom stereocenters. The molecule has 1 aliphatic heterocycles. The van der Waals surface area contributed by atoms with Crippen LogP contribution in [0.25, 0.3) is 0 Å². The number of hydrogen-bond donors (Lipinski definition) is 2. The van der Waals surface area contributed by atoms with Crippen molar-refractivity contribution in [2.45, 2.75) is 33.2 Å². The average molecular weight is 358 g/mol. The third-order valence-corrected chi connectivity index (χ3v) is 4.17. The van der Waals surface area contributed by atoms with Gasteiger partial charge in [0.05, 0.1) is 5.70 Å². The normalized spacial score (nSPS) is 18.5. The quantitative estimate of drug-likeness (QED) is 0.417. The highest BCUT2D eigenvalue weighted by atomic mass is 15.1. The first-order valence-electron chi connectivity index (χ1n) is 9.34. The lowest BCUT2D eigenvalue weighted by Gasteiger charge is -2.20. The minimum Gasteiger partial charge on any atom is -0.368 e. The molecule has 1 saturated heterocycles. The zero-order valence-corrected chi connectivity index (χ0v) is 16.7. The van der Waals surface area contributed by atoms with Crippen molar-refractivity contribution in [2.24, 2.45) is 15.9 Å². The summed E-state index contributed by atoms with van der Waals surface area (Å²) in [4.78, 5) is 10.9. The molecule has 1 aliphatic rings. The molecule has 0 saturated carbocycles. The largest absolute Gasteiger partial charge is 0.368 e. The van der Waals surface area contributed by atoms with Crippen molar-refractivity contribution >= 4 is 12.9 Å². The van der Waals surface area contributed by atoms with Crippen molar-refractivity contribution in [2.75, 3.05) is 32.7 Å². The van der Waals surface area contributed by atoms with Gasteiger partial charge in [-0.25, -0.2) is 0 Å². The van der Waals surface area contributed by atoms with Gasteiger partial charge in [-0.2, -0.15) is 0 Å². The van der Waals surface area contributed by atoms with Crippen LogP contribution < -0.4 is 10.6 Å². The number of rotatable bonds is 12. The van der Waals surface area contributed by atoms with Crippen LogP contribution in [0.4, 0.5) is 0 Å². The van der Waals surface area contributed by atoms with Crippen LogP contribution in [0.15, 0.2) is 58.5 Å². The van der Waals surface area contributed by atoms with E-state index in [0.717, 1.165) is 43.0 Å². The van der Waals surface area contributed by atoms with Gasteiger partial charge in [-0.15, -0.1) is 6.58 Å². The van der Waals surface area contributed by atoms with E-state index in [0.29, 0.717) is 25.0 Å². The highest BCUT2D eigenvalue weighted by Crippen LogP contribution is 2.19. The van der Waals surface area contributed by atoms with E-state index < -0.39 is 0 Å². The van der Waals surface area contributed by atoms with Gasteiger partial charge in [-0.1, -0.05) is 32.6 Å². The zero-order valence-electron chi connectivity index (χ0n) is 16.7. The van der Waals surface area contributed by atoms with Crippen molar-refractivity contribution in [3.05, 3.63) is 48.5 Å². The molecule has 0 aromatic carbocycles. The molecule has 144 valence electrons. The molecule has 0 aromatic heterocycles. The summed E-state index contributed by atoms with van der Waals surface area (Å²) in [7, 11) is 0. The Hall–Kier alpha value is -1.98. The number of nitrogens with one attached hydrogen (secondary N) is 2. The zero-order chi connectivity index (χ0) is 19.4. The van der Waals surface area contributed by atoms with Crippen molar-refractivity contribution in [1.29, 1.82) is 0 Å². The summed E-state index contributed by atoms with van der Waals surface area (Å²) in [6.07, 6.45) is 9.01. The van der Waals surface area contributed by atoms with Gasteiger partial charge in [0.2, 0.25) is 0 Å². The molecule has 0 aliphatic carbocycles. The molecule has 0 amide bonds. The van der Waals surface area contributed by atoms with E-state index in [2.05, 4.69) is 65.3 Å². The second-order valence-corrected chi connectivity index (χ2v) is 6.85. The van der Waals surface area contributed by atoms with E-state index in [9.17, 15) is 0 Å². The van der Waals surface area contributed by atoms with Gasteiger partial charge in [-0.3, -0.25) is 9.98 Å². The average Bonchev–Trinajstić information content (AvgIpc) is 3.13. The van der Waals surface area contributed by atoms with Crippen LogP contribution in [-0.4, -0.2) is 56.6 Å². The molecule has 1 unspecified atom stereocenters. The van der Waals surface area contributed by atoms with Crippen LogP contribution in [0.1, 0.15) is 27.2 Å². The van der Waals surface area contributed by atoms with Gasteiger partial charge in [0.1, 0.15) is 0 Å².